The molecule has 0 aromatic carbocycles. The van der Waals surface area contributed by atoms with Crippen LogP contribution in [-0.4, -0.2) is 119 Å². The van der Waals surface area contributed by atoms with Gasteiger partial charge in [0.25, 0.3) is 0 Å². The predicted octanol–water partition coefficient (Wildman–Crippen LogP) is -2.34. The highest BCUT2D eigenvalue weighted by Gasteiger charge is 2.54. The molecular weight excluding hydrogens is 653 g/mol. The topological polar surface area (TPSA) is 336 Å². The zero-order valence-corrected chi connectivity index (χ0v) is 25.3. The summed E-state index contributed by atoms with van der Waals surface area (Å²) in [5, 5.41) is 50.8. The smallest absolute Gasteiger partial charge is 0.393 e. The first kappa shape index (κ1) is 37.1. The second-order valence-electron chi connectivity index (χ2n) is 9.03. The van der Waals surface area contributed by atoms with Crippen molar-refractivity contribution in [2.24, 2.45) is 0 Å². The second-order valence-corrected chi connectivity index (χ2v) is 14.4. The van der Waals surface area contributed by atoms with Crippen molar-refractivity contribution < 1.29 is 77.1 Å². The van der Waals surface area contributed by atoms with Gasteiger partial charge in [0, 0.05) is 29.3 Å². The Balaban J connectivity index is 2.36. The highest BCUT2D eigenvalue weighted by molar-refractivity contribution is 8.01. The summed E-state index contributed by atoms with van der Waals surface area (Å²) in [6, 6.07) is 0. The molecule has 2 rings (SSSR count). The van der Waals surface area contributed by atoms with Gasteiger partial charge in [-0.2, -0.15) is 4.31 Å². The van der Waals surface area contributed by atoms with Gasteiger partial charge in [-0.25, -0.2) is 23.7 Å². The van der Waals surface area contributed by atoms with E-state index in [1.807, 2.05) is 0 Å². The lowest BCUT2D eigenvalue weighted by Crippen LogP contribution is -2.63. The van der Waals surface area contributed by atoms with E-state index in [1.165, 1.54) is 11.1 Å². The van der Waals surface area contributed by atoms with E-state index in [9.17, 15) is 44.1 Å². The van der Waals surface area contributed by atoms with Gasteiger partial charge >= 0.3 is 23.5 Å². The third-order valence-electron chi connectivity index (χ3n) is 5.84. The molecule has 0 saturated carbocycles. The molecule has 0 radical (unpaired) electrons. The van der Waals surface area contributed by atoms with Gasteiger partial charge in [0.15, 0.2) is 0 Å². The molecule has 1 aliphatic rings. The number of aryl methyl sites for hydroxylation is 1. The van der Waals surface area contributed by atoms with E-state index in [0.717, 1.165) is 11.8 Å². The Morgan fingerprint density at radius 2 is 1.76 bits per heavy atom. The number of hydrogen-bond acceptors (Lipinski definition) is 16. The van der Waals surface area contributed by atoms with Crippen molar-refractivity contribution in [1.29, 1.82) is 0 Å². The molecule has 2 heterocycles. The zero-order chi connectivity index (χ0) is 32.3. The number of phosphoric ester groups is 2. The van der Waals surface area contributed by atoms with E-state index in [4.69, 9.17) is 25.3 Å². The molecule has 1 aliphatic heterocycles. The summed E-state index contributed by atoms with van der Waals surface area (Å²) in [6.45, 7) is 2.25. The summed E-state index contributed by atoms with van der Waals surface area (Å²) in [5.74, 6) is 0.361. The first-order valence-corrected chi connectivity index (χ1v) is 17.1. The summed E-state index contributed by atoms with van der Waals surface area (Å²) in [7, 11) is -15.6. The van der Waals surface area contributed by atoms with Crippen LogP contribution in [0.5, 0.6) is 0 Å². The molecule has 12 N–H and O–H groups in total. The maximum Gasteiger partial charge on any atom is 0.481 e. The van der Waals surface area contributed by atoms with Crippen molar-refractivity contribution in [1.82, 2.24) is 14.9 Å². The largest absolute Gasteiger partial charge is 0.481 e. The first-order valence-electron chi connectivity index (χ1n) is 11.6. The third-order valence-corrected chi connectivity index (χ3v) is 10.3. The quantitative estimate of drug-likeness (QED) is 0.0811. The summed E-state index contributed by atoms with van der Waals surface area (Å²) in [5.41, 5.74) is 3.75. The Morgan fingerprint density at radius 3 is 2.29 bits per heavy atom. The monoisotopic (exact) mass is 686 g/mol. The lowest BCUT2D eigenvalue weighted by molar-refractivity contribution is -0.182. The Kier molecular flexibility index (Phi) is 12.7. The molecule has 0 amide bonds. The summed E-state index contributed by atoms with van der Waals surface area (Å²) in [6.07, 6.45) is -5.68. The number of aliphatic hydroxyl groups is 5. The Morgan fingerprint density at radius 1 is 1.14 bits per heavy atom. The van der Waals surface area contributed by atoms with Gasteiger partial charge in [-0.15, -0.1) is 11.8 Å². The second kappa shape index (κ2) is 14.4. The van der Waals surface area contributed by atoms with Gasteiger partial charge in [0.1, 0.15) is 40.9 Å². The van der Waals surface area contributed by atoms with Crippen molar-refractivity contribution in [3.8, 4) is 0 Å². The van der Waals surface area contributed by atoms with Crippen molar-refractivity contribution in [3.05, 3.63) is 29.9 Å². The molecular formula is C18H33N4O16P3S. The molecule has 1 unspecified atom stereocenters. The maximum atomic E-state index is 11.8. The van der Waals surface area contributed by atoms with Gasteiger partial charge in [-0.3, -0.25) is 9.05 Å². The average Bonchev–Trinajstić information content (AvgIpc) is 3.16. The van der Waals surface area contributed by atoms with Gasteiger partial charge in [-0.1, -0.05) is 6.58 Å². The Bertz CT molecular complexity index is 1250. The van der Waals surface area contributed by atoms with Crippen LogP contribution >= 0.6 is 35.2 Å². The fourth-order valence-electron chi connectivity index (χ4n) is 3.80. The highest BCUT2D eigenvalue weighted by atomic mass is 32.2. The average molecular weight is 686 g/mol. The minimum absolute atomic E-state index is 0.0276. The standard InChI is InChI=1S/C18H33N4O16P3S/c1-9-13(3-4-36-41(34,35)38-40(31,32)33)42-17(22(9)6-11-5-20-10(2)21-16(11)19)18(27,8-23)15(26)14(25)12(24)7-37-39(28,29)30/h5,12-15,17,23-27H,1,3-4,6-8H2,2H3,(H,34,35)(H2,19,20,21)(H2,28,29,30)(H2,31,32,33)/t12-,13+,14-,15+,17-,18+/m1/s1. The fraction of sp³-hybridized carbons (Fsp3) is 0.667. The molecule has 42 heavy (non-hydrogen) atoms. The van der Waals surface area contributed by atoms with E-state index < -0.39 is 77.8 Å². The van der Waals surface area contributed by atoms with Crippen LogP contribution in [0.25, 0.3) is 0 Å². The van der Waals surface area contributed by atoms with E-state index in [2.05, 4.69) is 29.9 Å². The Hall–Kier alpha value is -1.06. The number of thioether (sulfide) groups is 1. The molecule has 20 nitrogen and oxygen atoms in total. The number of nitrogens with two attached hydrogens (primary N) is 1. The Labute approximate surface area is 242 Å². The molecule has 1 saturated heterocycles. The zero-order valence-electron chi connectivity index (χ0n) is 21.8. The van der Waals surface area contributed by atoms with Gasteiger partial charge < -0.3 is 60.6 Å². The van der Waals surface area contributed by atoms with Crippen LogP contribution < -0.4 is 5.73 Å². The maximum absolute atomic E-state index is 11.8. The number of aliphatic hydroxyl groups excluding tert-OH is 4. The van der Waals surface area contributed by atoms with Crippen LogP contribution in [0.15, 0.2) is 18.5 Å². The minimum Gasteiger partial charge on any atom is -0.393 e. The molecule has 242 valence electrons. The first-order chi connectivity index (χ1) is 19.1. The number of aromatic nitrogens is 2. The normalized spacial score (nSPS) is 23.3. The fourth-order valence-corrected chi connectivity index (χ4v) is 7.39. The number of hydrogen-bond donors (Lipinski definition) is 11. The minimum atomic E-state index is -5.38. The van der Waals surface area contributed by atoms with Crippen molar-refractivity contribution >= 4 is 41.0 Å². The lowest BCUT2D eigenvalue weighted by Gasteiger charge is -2.43. The van der Waals surface area contributed by atoms with Gasteiger partial charge in [0.05, 0.1) is 19.8 Å². The molecule has 0 aliphatic carbocycles. The van der Waals surface area contributed by atoms with Crippen LogP contribution in [-0.2, 0) is 33.6 Å². The summed E-state index contributed by atoms with van der Waals surface area (Å²) >= 11 is 0.806. The highest BCUT2D eigenvalue weighted by Crippen LogP contribution is 2.58. The number of nitrogens with zero attached hydrogens (tertiary/aromatic N) is 3. The van der Waals surface area contributed by atoms with Crippen LogP contribution in [0.2, 0.25) is 0 Å². The molecule has 1 aromatic rings. The number of anilines is 1. The van der Waals surface area contributed by atoms with Crippen LogP contribution in [0, 0.1) is 6.92 Å². The molecule has 1 aromatic heterocycles. The van der Waals surface area contributed by atoms with Crippen molar-refractivity contribution in [2.75, 3.05) is 25.6 Å². The van der Waals surface area contributed by atoms with Crippen molar-refractivity contribution in [2.45, 2.75) is 54.4 Å². The van der Waals surface area contributed by atoms with E-state index in [1.54, 1.807) is 6.92 Å². The van der Waals surface area contributed by atoms with Crippen molar-refractivity contribution in [3.63, 3.8) is 0 Å². The summed E-state index contributed by atoms with van der Waals surface area (Å²) in [4.78, 5) is 54.1. The molecule has 24 heteroatoms. The molecule has 1 fully saturated rings. The summed E-state index contributed by atoms with van der Waals surface area (Å²) < 4.78 is 46.1. The SMILES string of the molecule is C=C1[C@H](CCOP(=O)(O)OP(=O)(O)O)S[C@H]([C@](O)(CO)[C@@H](O)[C@H](O)[C@H](O)COP(=O)(O)O)N1Cc1cnc(C)nc1N. The molecule has 0 bridgehead atoms. The van der Waals surface area contributed by atoms with E-state index in [-0.39, 0.29) is 24.5 Å². The number of phosphoric acid groups is 3. The number of rotatable bonds is 16. The molecule has 7 atom stereocenters. The van der Waals surface area contributed by atoms with E-state index in [0.29, 0.717) is 11.4 Å². The van der Waals surface area contributed by atoms with Crippen LogP contribution in [0.1, 0.15) is 17.8 Å². The van der Waals surface area contributed by atoms with Gasteiger partial charge in [0.2, 0.25) is 0 Å². The molecule has 0 spiro atoms. The van der Waals surface area contributed by atoms with Crippen LogP contribution in [0.3, 0.4) is 0 Å². The van der Waals surface area contributed by atoms with E-state index >= 15 is 0 Å². The lowest BCUT2D eigenvalue weighted by atomic mass is 9.89. The predicted molar refractivity (Wildman–Crippen MR) is 143 cm³/mol. The number of nitrogen functional groups attached to an aromatic ring is 1. The third kappa shape index (κ3) is 10.3. The van der Waals surface area contributed by atoms with Crippen LogP contribution in [0.4, 0.5) is 5.82 Å². The van der Waals surface area contributed by atoms with Gasteiger partial charge in [-0.05, 0) is 13.3 Å².